The van der Waals surface area contributed by atoms with Crippen molar-refractivity contribution < 1.29 is 13.2 Å². The van der Waals surface area contributed by atoms with Crippen LogP contribution in [0.25, 0.3) is 5.69 Å². The van der Waals surface area contributed by atoms with Gasteiger partial charge in [-0.25, -0.2) is 13.1 Å². The number of H-pyrrole nitrogens is 1. The van der Waals surface area contributed by atoms with Gasteiger partial charge in [-0.15, -0.1) is 0 Å². The Morgan fingerprint density at radius 2 is 1.57 bits per heavy atom. The summed E-state index contributed by atoms with van der Waals surface area (Å²) in [6.07, 6.45) is 0.518. The van der Waals surface area contributed by atoms with Gasteiger partial charge in [0.25, 0.3) is 5.56 Å². The van der Waals surface area contributed by atoms with Crippen molar-refractivity contribution in [2.75, 3.05) is 6.54 Å². The van der Waals surface area contributed by atoms with E-state index in [4.69, 9.17) is 0 Å². The number of aromatic nitrogens is 2. The van der Waals surface area contributed by atoms with E-state index in [0.717, 1.165) is 11.1 Å². The van der Waals surface area contributed by atoms with Crippen LogP contribution in [0.5, 0.6) is 0 Å². The summed E-state index contributed by atoms with van der Waals surface area (Å²) in [5.41, 5.74) is 2.58. The molecule has 1 aromatic heterocycles. The summed E-state index contributed by atoms with van der Waals surface area (Å²) >= 11 is 0. The Morgan fingerprint density at radius 3 is 2.05 bits per heavy atom. The van der Waals surface area contributed by atoms with Crippen LogP contribution in [0.1, 0.15) is 88.0 Å². The number of Topliss-reactive ketones (excluding diaryl/α,β-unsaturated/α-hetero) is 1. The van der Waals surface area contributed by atoms with E-state index in [2.05, 4.69) is 25.9 Å². The topological polar surface area (TPSA) is 92.2 Å². The van der Waals surface area contributed by atoms with Crippen molar-refractivity contribution in [3.05, 3.63) is 81.3 Å². The minimum Gasteiger partial charge on any atom is -0.294 e. The molecule has 0 bridgehead atoms. The van der Waals surface area contributed by atoms with E-state index in [1.165, 1.54) is 8.99 Å². The van der Waals surface area contributed by atoms with Crippen LogP contribution in [-0.2, 0) is 15.4 Å². The third-order valence-corrected chi connectivity index (χ3v) is 8.75. The van der Waals surface area contributed by atoms with Gasteiger partial charge in [-0.05, 0) is 61.4 Å². The number of carbonyl (C=O) groups is 1. The van der Waals surface area contributed by atoms with E-state index < -0.39 is 34.0 Å². The van der Waals surface area contributed by atoms with Crippen LogP contribution in [0.4, 0.5) is 0 Å². The number of benzene rings is 2. The molecule has 3 aromatic rings. The smallest absolute Gasteiger partial charge is 0.282 e. The van der Waals surface area contributed by atoms with Gasteiger partial charge in [0.05, 0.1) is 22.8 Å². The zero-order valence-corrected chi connectivity index (χ0v) is 23.9. The predicted molar refractivity (Wildman–Crippen MR) is 148 cm³/mol. The van der Waals surface area contributed by atoms with Crippen LogP contribution >= 0.6 is 0 Å². The fourth-order valence-corrected chi connectivity index (χ4v) is 5.84. The fourth-order valence-electron chi connectivity index (χ4n) is 4.18. The zero-order chi connectivity index (χ0) is 27.7. The molecule has 3 rings (SSSR count). The summed E-state index contributed by atoms with van der Waals surface area (Å²) in [5, 5.41) is 3.09. The number of hydrogen-bond donors (Lipinski definition) is 1. The summed E-state index contributed by atoms with van der Waals surface area (Å²) in [6.45, 7) is 15.2. The molecule has 37 heavy (non-hydrogen) atoms. The van der Waals surface area contributed by atoms with Crippen LogP contribution in [0.2, 0.25) is 0 Å². The highest BCUT2D eigenvalue weighted by molar-refractivity contribution is 7.89. The Kier molecular flexibility index (Phi) is 8.34. The molecule has 1 unspecified atom stereocenters. The van der Waals surface area contributed by atoms with Crippen LogP contribution < -0.4 is 5.56 Å². The van der Waals surface area contributed by atoms with Gasteiger partial charge in [-0.1, -0.05) is 71.4 Å². The van der Waals surface area contributed by atoms with Gasteiger partial charge in [-0.2, -0.15) is 4.31 Å². The molecule has 0 saturated heterocycles. The lowest BCUT2D eigenvalue weighted by Gasteiger charge is -2.27. The van der Waals surface area contributed by atoms with E-state index in [1.807, 2.05) is 64.1 Å². The summed E-state index contributed by atoms with van der Waals surface area (Å²) in [4.78, 5) is 27.2. The Bertz CT molecular complexity index is 1410. The Balaban J connectivity index is 2.04. The molecule has 0 spiro atoms. The average molecular weight is 526 g/mol. The first-order chi connectivity index (χ1) is 17.2. The van der Waals surface area contributed by atoms with E-state index in [9.17, 15) is 18.0 Å². The van der Waals surface area contributed by atoms with Gasteiger partial charge >= 0.3 is 0 Å². The van der Waals surface area contributed by atoms with E-state index in [-0.39, 0.29) is 21.8 Å². The largest absolute Gasteiger partial charge is 0.294 e. The van der Waals surface area contributed by atoms with Crippen molar-refractivity contribution in [1.82, 2.24) is 14.1 Å². The first kappa shape index (κ1) is 28.6. The van der Waals surface area contributed by atoms with Gasteiger partial charge in [0.2, 0.25) is 10.0 Å². The maximum Gasteiger partial charge on any atom is 0.282 e. The lowest BCUT2D eigenvalue weighted by molar-refractivity contribution is 0.0952. The van der Waals surface area contributed by atoms with E-state index in [0.29, 0.717) is 17.8 Å². The average Bonchev–Trinajstić information content (AvgIpc) is 3.19. The highest BCUT2D eigenvalue weighted by Crippen LogP contribution is 2.26. The standard InChI is InChI=1S/C29H39N3O4S/c1-9-21(5)31(37(35,36)24-16-12-22(13-17-24)29(6,7)8)18-25(33)26-27(19(2)3)30-32(28(26)34)23-14-10-20(4)11-15-23/h10-17,19,21,30H,9,18H2,1-8H3. The Labute approximate surface area is 220 Å². The van der Waals surface area contributed by atoms with Crippen LogP contribution in [0, 0.1) is 6.92 Å². The molecule has 0 fully saturated rings. The highest BCUT2D eigenvalue weighted by Gasteiger charge is 2.33. The number of nitrogens with zero attached hydrogens (tertiary/aromatic N) is 2. The van der Waals surface area contributed by atoms with Gasteiger partial charge in [0.15, 0.2) is 5.78 Å². The van der Waals surface area contributed by atoms with Crippen molar-refractivity contribution in [1.29, 1.82) is 0 Å². The van der Waals surface area contributed by atoms with E-state index >= 15 is 0 Å². The Hall–Kier alpha value is -2.97. The maximum atomic E-state index is 13.7. The van der Waals surface area contributed by atoms with Gasteiger partial charge in [-0.3, -0.25) is 14.7 Å². The molecular formula is C29H39N3O4S. The second-order valence-corrected chi connectivity index (χ2v) is 12.9. The number of carbonyl (C=O) groups excluding carboxylic acids is 1. The highest BCUT2D eigenvalue weighted by atomic mass is 32.2. The van der Waals surface area contributed by atoms with Crippen molar-refractivity contribution in [2.45, 2.75) is 84.1 Å². The quantitative estimate of drug-likeness (QED) is 0.370. The molecule has 0 saturated carbocycles. The number of rotatable bonds is 9. The SMILES string of the molecule is CCC(C)N(CC(=O)c1c(C(C)C)[nH]n(-c2ccc(C)cc2)c1=O)S(=O)(=O)c1ccc(C(C)(C)C)cc1. The summed E-state index contributed by atoms with van der Waals surface area (Å²) in [6, 6.07) is 13.8. The molecule has 0 amide bonds. The van der Waals surface area contributed by atoms with Crippen LogP contribution in [-0.4, -0.2) is 40.9 Å². The molecule has 1 heterocycles. The molecule has 200 valence electrons. The summed E-state index contributed by atoms with van der Waals surface area (Å²) in [7, 11) is -3.98. The van der Waals surface area contributed by atoms with Crippen molar-refractivity contribution in [3.8, 4) is 5.69 Å². The van der Waals surface area contributed by atoms with Gasteiger partial charge in [0, 0.05) is 6.04 Å². The lowest BCUT2D eigenvalue weighted by atomic mass is 9.87. The third kappa shape index (κ3) is 5.96. The monoisotopic (exact) mass is 525 g/mol. The first-order valence-electron chi connectivity index (χ1n) is 12.8. The number of sulfonamides is 1. The third-order valence-electron chi connectivity index (χ3n) is 6.78. The molecule has 0 aliphatic rings. The number of hydrogen-bond acceptors (Lipinski definition) is 4. The molecule has 1 atom stereocenters. The second-order valence-electron chi connectivity index (χ2n) is 11.0. The van der Waals surface area contributed by atoms with Crippen molar-refractivity contribution >= 4 is 15.8 Å². The Morgan fingerprint density at radius 1 is 1.00 bits per heavy atom. The number of nitrogens with one attached hydrogen (secondary N) is 1. The molecular weight excluding hydrogens is 486 g/mol. The normalized spacial score (nSPS) is 13.4. The van der Waals surface area contributed by atoms with Gasteiger partial charge < -0.3 is 0 Å². The zero-order valence-electron chi connectivity index (χ0n) is 23.1. The van der Waals surface area contributed by atoms with Crippen molar-refractivity contribution in [2.24, 2.45) is 0 Å². The molecule has 8 heteroatoms. The summed E-state index contributed by atoms with van der Waals surface area (Å²) < 4.78 is 30.0. The van der Waals surface area contributed by atoms with Crippen molar-refractivity contribution in [3.63, 3.8) is 0 Å². The minimum absolute atomic E-state index is 0.00200. The lowest BCUT2D eigenvalue weighted by Crippen LogP contribution is -2.42. The minimum atomic E-state index is -3.98. The van der Waals surface area contributed by atoms with Gasteiger partial charge in [0.1, 0.15) is 5.56 Å². The number of ketones is 1. The first-order valence-corrected chi connectivity index (χ1v) is 14.2. The number of aromatic amines is 1. The molecule has 0 radical (unpaired) electrons. The second kappa shape index (κ2) is 10.8. The number of aryl methyl sites for hydroxylation is 1. The fraction of sp³-hybridized carbons (Fsp3) is 0.448. The van der Waals surface area contributed by atoms with Crippen LogP contribution in [0.3, 0.4) is 0 Å². The van der Waals surface area contributed by atoms with E-state index in [1.54, 1.807) is 19.1 Å². The maximum absolute atomic E-state index is 13.7. The summed E-state index contributed by atoms with van der Waals surface area (Å²) in [5.74, 6) is -0.664. The molecule has 0 aliphatic heterocycles. The predicted octanol–water partition coefficient (Wildman–Crippen LogP) is 5.57. The molecule has 1 N–H and O–H groups in total. The molecule has 0 aliphatic carbocycles. The molecule has 7 nitrogen and oxygen atoms in total. The molecule has 2 aromatic carbocycles. The van der Waals surface area contributed by atoms with Crippen LogP contribution in [0.15, 0.2) is 58.2 Å².